The molecule has 0 aliphatic rings. The number of ether oxygens (including phenoxy) is 1. The van der Waals surface area contributed by atoms with Gasteiger partial charge in [0.15, 0.2) is 6.61 Å². The molecule has 0 radical (unpaired) electrons. The van der Waals surface area contributed by atoms with Crippen molar-refractivity contribution in [1.29, 1.82) is 0 Å². The summed E-state index contributed by atoms with van der Waals surface area (Å²) in [5.41, 5.74) is 2.44. The molecular formula is C19H18N2O4S. The Balaban J connectivity index is 1.65. The van der Waals surface area contributed by atoms with E-state index in [0.29, 0.717) is 18.0 Å². The number of hydrogen-bond donors (Lipinski definition) is 0. The highest BCUT2D eigenvalue weighted by Gasteiger charge is 2.24. The Kier molecular flexibility index (Phi) is 5.48. The summed E-state index contributed by atoms with van der Waals surface area (Å²) in [5.74, 6) is -0.548. The van der Waals surface area contributed by atoms with Gasteiger partial charge in [-0.3, -0.25) is 4.79 Å². The predicted molar refractivity (Wildman–Crippen MR) is 97.8 cm³/mol. The number of benzene rings is 1. The van der Waals surface area contributed by atoms with Crippen LogP contribution < -0.4 is 0 Å². The first-order chi connectivity index (χ1) is 12.6. The molecule has 2 heterocycles. The van der Waals surface area contributed by atoms with Gasteiger partial charge in [0.2, 0.25) is 0 Å². The zero-order chi connectivity index (χ0) is 18.5. The van der Waals surface area contributed by atoms with E-state index in [1.807, 2.05) is 47.2 Å². The molecule has 0 saturated heterocycles. The molecule has 3 rings (SSSR count). The van der Waals surface area contributed by atoms with Gasteiger partial charge in [-0.15, -0.1) is 0 Å². The summed E-state index contributed by atoms with van der Waals surface area (Å²) >= 11 is 1.57. The number of hydrogen-bond acceptors (Lipinski definition) is 6. The summed E-state index contributed by atoms with van der Waals surface area (Å²) in [6, 6.07) is 11.2. The second-order valence-electron chi connectivity index (χ2n) is 5.79. The summed E-state index contributed by atoms with van der Waals surface area (Å²) in [4.78, 5) is 26.2. The van der Waals surface area contributed by atoms with Crippen LogP contribution in [0.1, 0.15) is 21.7 Å². The maximum Gasteiger partial charge on any atom is 0.344 e. The largest absolute Gasteiger partial charge is 0.452 e. The lowest BCUT2D eigenvalue weighted by atomic mass is 10.1. The van der Waals surface area contributed by atoms with Crippen LogP contribution in [-0.4, -0.2) is 35.6 Å². The van der Waals surface area contributed by atoms with Crippen molar-refractivity contribution >= 4 is 23.2 Å². The Morgan fingerprint density at radius 1 is 1.23 bits per heavy atom. The van der Waals surface area contributed by atoms with E-state index in [1.165, 1.54) is 4.90 Å². The number of likely N-dealkylation sites (N-methyl/N-ethyl adjacent to an activating group) is 1. The molecule has 3 aromatic rings. The molecule has 1 aromatic carbocycles. The van der Waals surface area contributed by atoms with Crippen LogP contribution in [0.2, 0.25) is 0 Å². The molecule has 134 valence electrons. The number of carbonyl (C=O) groups excluding carboxylic acids is 2. The average molecular weight is 370 g/mol. The number of esters is 1. The minimum Gasteiger partial charge on any atom is -0.452 e. The van der Waals surface area contributed by atoms with Gasteiger partial charge in [-0.2, -0.15) is 11.3 Å². The Morgan fingerprint density at radius 3 is 2.69 bits per heavy atom. The minimum absolute atomic E-state index is 0.240. The van der Waals surface area contributed by atoms with Crippen molar-refractivity contribution in [1.82, 2.24) is 10.1 Å². The monoisotopic (exact) mass is 370 g/mol. The van der Waals surface area contributed by atoms with E-state index in [9.17, 15) is 9.59 Å². The van der Waals surface area contributed by atoms with Gasteiger partial charge in [0, 0.05) is 19.2 Å². The molecule has 6 nitrogen and oxygen atoms in total. The second-order valence-corrected chi connectivity index (χ2v) is 6.57. The van der Waals surface area contributed by atoms with Crippen molar-refractivity contribution < 1.29 is 18.8 Å². The molecule has 0 spiro atoms. The number of carbonyl (C=O) groups is 2. The first kappa shape index (κ1) is 17.9. The molecule has 26 heavy (non-hydrogen) atoms. The molecule has 1 amide bonds. The van der Waals surface area contributed by atoms with Crippen LogP contribution in [0, 0.1) is 6.92 Å². The van der Waals surface area contributed by atoms with Crippen LogP contribution in [-0.2, 0) is 16.1 Å². The van der Waals surface area contributed by atoms with Crippen molar-refractivity contribution in [2.75, 3.05) is 13.7 Å². The van der Waals surface area contributed by atoms with Gasteiger partial charge in [-0.1, -0.05) is 35.5 Å². The third-order valence-electron chi connectivity index (χ3n) is 3.87. The molecule has 2 aromatic heterocycles. The van der Waals surface area contributed by atoms with Gasteiger partial charge in [0.25, 0.3) is 5.91 Å². The summed E-state index contributed by atoms with van der Waals surface area (Å²) < 4.78 is 10.4. The van der Waals surface area contributed by atoms with Crippen LogP contribution in [0.3, 0.4) is 0 Å². The van der Waals surface area contributed by atoms with Crippen LogP contribution in [0.15, 0.2) is 51.7 Å². The Hall–Kier alpha value is -2.93. The first-order valence-electron chi connectivity index (χ1n) is 8.00. The van der Waals surface area contributed by atoms with Crippen molar-refractivity contribution in [2.24, 2.45) is 0 Å². The average Bonchev–Trinajstić information content (AvgIpc) is 3.29. The highest BCUT2D eigenvalue weighted by molar-refractivity contribution is 7.07. The lowest BCUT2D eigenvalue weighted by Crippen LogP contribution is -2.30. The molecule has 0 bridgehead atoms. The number of nitrogens with zero attached hydrogens (tertiary/aromatic N) is 2. The fourth-order valence-electron chi connectivity index (χ4n) is 2.46. The van der Waals surface area contributed by atoms with E-state index in [1.54, 1.807) is 25.3 Å². The lowest BCUT2D eigenvalue weighted by Gasteiger charge is -2.16. The van der Waals surface area contributed by atoms with Crippen LogP contribution in [0.5, 0.6) is 0 Å². The van der Waals surface area contributed by atoms with Crippen LogP contribution in [0.4, 0.5) is 0 Å². The van der Waals surface area contributed by atoms with Crippen molar-refractivity contribution in [3.05, 3.63) is 64.0 Å². The smallest absolute Gasteiger partial charge is 0.344 e. The molecule has 7 heteroatoms. The number of aromatic nitrogens is 1. The zero-order valence-electron chi connectivity index (χ0n) is 14.5. The van der Waals surface area contributed by atoms with E-state index in [-0.39, 0.29) is 18.1 Å². The van der Waals surface area contributed by atoms with Crippen molar-refractivity contribution in [3.63, 3.8) is 0 Å². The van der Waals surface area contributed by atoms with Gasteiger partial charge >= 0.3 is 5.97 Å². The molecule has 0 atom stereocenters. The molecular weight excluding hydrogens is 352 g/mol. The highest BCUT2D eigenvalue weighted by atomic mass is 32.1. The molecule has 0 aliphatic heterocycles. The Bertz CT molecular complexity index is 888. The quantitative estimate of drug-likeness (QED) is 0.621. The molecule has 0 N–H and O–H groups in total. The number of rotatable bonds is 6. The molecule has 0 unspecified atom stereocenters. The van der Waals surface area contributed by atoms with Gasteiger partial charge in [-0.05, 0) is 29.3 Å². The number of thiophene rings is 1. The first-order valence-corrected chi connectivity index (χ1v) is 8.94. The van der Waals surface area contributed by atoms with Gasteiger partial charge in [-0.25, -0.2) is 4.79 Å². The third kappa shape index (κ3) is 4.00. The molecule has 0 fully saturated rings. The van der Waals surface area contributed by atoms with E-state index < -0.39 is 5.97 Å². The van der Waals surface area contributed by atoms with E-state index in [4.69, 9.17) is 9.26 Å². The molecule has 0 aliphatic carbocycles. The summed E-state index contributed by atoms with van der Waals surface area (Å²) in [6.07, 6.45) is 0. The van der Waals surface area contributed by atoms with Crippen LogP contribution in [0.25, 0.3) is 11.3 Å². The summed E-state index contributed by atoms with van der Waals surface area (Å²) in [5, 5.41) is 7.88. The summed E-state index contributed by atoms with van der Waals surface area (Å²) in [6.45, 7) is 1.78. The fraction of sp³-hybridized carbons (Fsp3) is 0.211. The number of aryl methyl sites for hydroxylation is 1. The number of amides is 1. The minimum atomic E-state index is -0.625. The standard InChI is InChI=1S/C19H18N2O4S/c1-13-17(18(20-25-13)15-6-4-3-5-7-15)19(23)24-11-16(22)21(2)10-14-8-9-26-12-14/h3-9,12H,10-11H2,1-2H3. The lowest BCUT2D eigenvalue weighted by molar-refractivity contribution is -0.133. The van der Waals surface area contributed by atoms with Crippen molar-refractivity contribution in [2.45, 2.75) is 13.5 Å². The maximum absolute atomic E-state index is 12.5. The normalized spacial score (nSPS) is 10.5. The fourth-order valence-corrected chi connectivity index (χ4v) is 3.12. The van der Waals surface area contributed by atoms with Gasteiger partial charge in [0.1, 0.15) is 17.0 Å². The third-order valence-corrected chi connectivity index (χ3v) is 4.60. The predicted octanol–water partition coefficient (Wildman–Crippen LogP) is 3.53. The van der Waals surface area contributed by atoms with Gasteiger partial charge in [0.05, 0.1) is 0 Å². The summed E-state index contributed by atoms with van der Waals surface area (Å²) in [7, 11) is 1.67. The van der Waals surface area contributed by atoms with E-state index in [2.05, 4.69) is 5.16 Å². The van der Waals surface area contributed by atoms with Gasteiger partial charge < -0.3 is 14.2 Å². The Labute approximate surface area is 155 Å². The Morgan fingerprint density at radius 2 is 2.00 bits per heavy atom. The van der Waals surface area contributed by atoms with Crippen molar-refractivity contribution in [3.8, 4) is 11.3 Å². The SMILES string of the molecule is Cc1onc(-c2ccccc2)c1C(=O)OCC(=O)N(C)Cc1ccsc1. The zero-order valence-corrected chi connectivity index (χ0v) is 15.3. The topological polar surface area (TPSA) is 72.6 Å². The van der Waals surface area contributed by atoms with E-state index >= 15 is 0 Å². The second kappa shape index (κ2) is 7.97. The highest BCUT2D eigenvalue weighted by Crippen LogP contribution is 2.25. The maximum atomic E-state index is 12.5. The van der Waals surface area contributed by atoms with E-state index in [0.717, 1.165) is 11.1 Å². The van der Waals surface area contributed by atoms with Crippen LogP contribution >= 0.6 is 11.3 Å². The molecule has 0 saturated carbocycles.